The van der Waals surface area contributed by atoms with E-state index in [4.69, 9.17) is 13.8 Å². The second kappa shape index (κ2) is 8.00. The van der Waals surface area contributed by atoms with E-state index in [1.54, 1.807) is 13.0 Å². The van der Waals surface area contributed by atoms with Gasteiger partial charge in [0, 0.05) is 19.8 Å². The van der Waals surface area contributed by atoms with Crippen LogP contribution < -0.4 is 0 Å². The Hall–Kier alpha value is -1.42. The summed E-state index contributed by atoms with van der Waals surface area (Å²) in [6, 6.07) is 9.24. The van der Waals surface area contributed by atoms with Gasteiger partial charge in [-0.2, -0.15) is 0 Å². The lowest BCUT2D eigenvalue weighted by molar-refractivity contribution is -0.138. The molecule has 0 saturated carbocycles. The molecule has 20 heavy (non-hydrogen) atoms. The van der Waals surface area contributed by atoms with Crippen LogP contribution in [0, 0.1) is 0 Å². The van der Waals surface area contributed by atoms with Gasteiger partial charge in [0.15, 0.2) is 0 Å². The Labute approximate surface area is 119 Å². The number of hydrogen-bond donors (Lipinski definition) is 0. The number of hydrogen-bond acceptors (Lipinski definition) is 5. The fourth-order valence-electron chi connectivity index (χ4n) is 1.56. The predicted octanol–water partition coefficient (Wildman–Crippen LogP) is 3.12. The molecule has 110 valence electrons. The van der Waals surface area contributed by atoms with Crippen LogP contribution in [0.4, 0.5) is 0 Å². The van der Waals surface area contributed by atoms with Gasteiger partial charge in [-0.3, -0.25) is 4.57 Å². The van der Waals surface area contributed by atoms with Gasteiger partial charge >= 0.3 is 13.6 Å². The fraction of sp³-hybridized carbons (Fsp3) is 0.357. The average Bonchev–Trinajstić information content (AvgIpc) is 2.47. The van der Waals surface area contributed by atoms with E-state index in [0.717, 1.165) is 5.56 Å². The molecule has 5 nitrogen and oxygen atoms in total. The van der Waals surface area contributed by atoms with Crippen molar-refractivity contribution in [1.82, 2.24) is 0 Å². The molecule has 0 bridgehead atoms. The molecule has 0 amide bonds. The van der Waals surface area contributed by atoms with Crippen LogP contribution in [0.5, 0.6) is 0 Å². The Morgan fingerprint density at radius 1 is 1.20 bits per heavy atom. The van der Waals surface area contributed by atoms with Crippen molar-refractivity contribution in [1.29, 1.82) is 0 Å². The van der Waals surface area contributed by atoms with Crippen molar-refractivity contribution in [3.05, 3.63) is 41.5 Å². The summed E-state index contributed by atoms with van der Waals surface area (Å²) in [5.41, 5.74) is 1.07. The van der Waals surface area contributed by atoms with Gasteiger partial charge in [-0.25, -0.2) is 4.79 Å². The molecule has 0 N–H and O–H groups in total. The van der Waals surface area contributed by atoms with Crippen LogP contribution in [-0.4, -0.2) is 33.0 Å². The largest absolute Gasteiger partial charge is 0.463 e. The Kier molecular flexibility index (Phi) is 6.65. The van der Waals surface area contributed by atoms with E-state index in [1.807, 2.05) is 30.3 Å². The lowest BCUT2D eigenvalue weighted by atomic mass is 10.1. The predicted molar refractivity (Wildman–Crippen MR) is 77.5 cm³/mol. The maximum Gasteiger partial charge on any atom is 0.334 e. The fourth-order valence-corrected chi connectivity index (χ4v) is 2.60. The lowest BCUT2D eigenvalue weighted by Gasteiger charge is -2.15. The van der Waals surface area contributed by atoms with Crippen molar-refractivity contribution in [2.45, 2.75) is 6.92 Å². The van der Waals surface area contributed by atoms with Crippen LogP contribution in [-0.2, 0) is 23.1 Å². The highest BCUT2D eigenvalue weighted by molar-refractivity contribution is 7.54. The smallest absolute Gasteiger partial charge is 0.334 e. The summed E-state index contributed by atoms with van der Waals surface area (Å²) in [7, 11) is -0.746. The molecule has 1 aromatic carbocycles. The highest BCUT2D eigenvalue weighted by Gasteiger charge is 2.27. The van der Waals surface area contributed by atoms with E-state index in [1.165, 1.54) is 14.2 Å². The zero-order valence-electron chi connectivity index (χ0n) is 11.9. The highest BCUT2D eigenvalue weighted by Crippen LogP contribution is 2.48. The second-order valence-corrected chi connectivity index (χ2v) is 6.20. The SMILES string of the molecule is CCOC(=O)/C(=C\c1ccccc1)CP(=O)(OC)OC. The zero-order valence-corrected chi connectivity index (χ0v) is 12.8. The molecular weight excluding hydrogens is 279 g/mol. The van der Waals surface area contributed by atoms with Gasteiger partial charge in [0.2, 0.25) is 0 Å². The maximum absolute atomic E-state index is 12.2. The summed E-state index contributed by atoms with van der Waals surface area (Å²) < 4.78 is 26.9. The van der Waals surface area contributed by atoms with E-state index in [0.29, 0.717) is 0 Å². The molecule has 0 aromatic heterocycles. The molecule has 0 aliphatic rings. The van der Waals surface area contributed by atoms with Gasteiger partial charge in [0.1, 0.15) is 0 Å². The molecule has 1 aromatic rings. The molecular formula is C14H19O5P. The van der Waals surface area contributed by atoms with Gasteiger partial charge in [-0.15, -0.1) is 0 Å². The van der Waals surface area contributed by atoms with Crippen molar-refractivity contribution in [3.8, 4) is 0 Å². The minimum Gasteiger partial charge on any atom is -0.463 e. The van der Waals surface area contributed by atoms with Crippen LogP contribution in [0.15, 0.2) is 35.9 Å². The third-order valence-corrected chi connectivity index (χ3v) is 4.44. The topological polar surface area (TPSA) is 61.8 Å². The Bertz CT molecular complexity index is 502. The molecule has 0 radical (unpaired) electrons. The molecule has 0 atom stereocenters. The maximum atomic E-state index is 12.2. The zero-order chi connectivity index (χ0) is 15.0. The molecule has 0 unspecified atom stereocenters. The van der Waals surface area contributed by atoms with Crippen molar-refractivity contribution in [2.75, 3.05) is 27.0 Å². The van der Waals surface area contributed by atoms with Crippen molar-refractivity contribution in [3.63, 3.8) is 0 Å². The van der Waals surface area contributed by atoms with Crippen molar-refractivity contribution in [2.24, 2.45) is 0 Å². The molecule has 0 saturated heterocycles. The number of carbonyl (C=O) groups is 1. The first kappa shape index (κ1) is 16.6. The monoisotopic (exact) mass is 298 g/mol. The van der Waals surface area contributed by atoms with Crippen LogP contribution in [0.25, 0.3) is 6.08 Å². The Balaban J connectivity index is 3.06. The molecule has 0 heterocycles. The van der Waals surface area contributed by atoms with Gasteiger partial charge in [-0.1, -0.05) is 30.3 Å². The summed E-state index contributed by atoms with van der Waals surface area (Å²) in [4.78, 5) is 11.9. The molecule has 0 aliphatic carbocycles. The standard InChI is InChI=1S/C14H19O5P/c1-4-19-14(15)13(11-20(16,17-2)18-3)10-12-8-6-5-7-9-12/h5-10H,4,11H2,1-3H3/b13-10-. The summed E-state index contributed by atoms with van der Waals surface area (Å²) in [6.45, 7) is 1.96. The summed E-state index contributed by atoms with van der Waals surface area (Å²) in [6.07, 6.45) is 1.50. The first-order valence-corrected chi connectivity index (χ1v) is 7.90. The van der Waals surface area contributed by atoms with E-state index in [9.17, 15) is 9.36 Å². The first-order chi connectivity index (χ1) is 9.54. The molecule has 0 aliphatic heterocycles. The average molecular weight is 298 g/mol. The van der Waals surface area contributed by atoms with Crippen LogP contribution in [0.2, 0.25) is 0 Å². The van der Waals surface area contributed by atoms with Crippen LogP contribution in [0.3, 0.4) is 0 Å². The van der Waals surface area contributed by atoms with Crippen molar-refractivity contribution < 1.29 is 23.1 Å². The minimum atomic E-state index is -3.32. The van der Waals surface area contributed by atoms with E-state index in [2.05, 4.69) is 0 Å². The third kappa shape index (κ3) is 4.93. The summed E-state index contributed by atoms with van der Waals surface area (Å²) in [5.74, 6) is -0.523. The van der Waals surface area contributed by atoms with Crippen molar-refractivity contribution >= 4 is 19.6 Å². The molecule has 0 fully saturated rings. The van der Waals surface area contributed by atoms with E-state index in [-0.39, 0.29) is 18.3 Å². The van der Waals surface area contributed by atoms with Gasteiger partial charge in [0.05, 0.1) is 12.8 Å². The second-order valence-electron chi connectivity index (χ2n) is 3.93. The van der Waals surface area contributed by atoms with Crippen LogP contribution >= 0.6 is 7.60 Å². The van der Waals surface area contributed by atoms with E-state index < -0.39 is 13.6 Å². The highest BCUT2D eigenvalue weighted by atomic mass is 31.2. The Morgan fingerprint density at radius 2 is 1.80 bits per heavy atom. The molecule has 6 heteroatoms. The number of ether oxygens (including phenoxy) is 1. The van der Waals surface area contributed by atoms with Gasteiger partial charge in [-0.05, 0) is 18.6 Å². The number of benzene rings is 1. The Morgan fingerprint density at radius 3 is 2.30 bits per heavy atom. The number of rotatable bonds is 7. The summed E-state index contributed by atoms with van der Waals surface area (Å²) in [5, 5.41) is 0. The lowest BCUT2D eigenvalue weighted by Crippen LogP contribution is -2.12. The number of esters is 1. The first-order valence-electron chi connectivity index (χ1n) is 6.18. The number of carbonyl (C=O) groups excluding carboxylic acids is 1. The van der Waals surface area contributed by atoms with Gasteiger partial charge in [0.25, 0.3) is 0 Å². The molecule has 1 rings (SSSR count). The summed E-state index contributed by atoms with van der Waals surface area (Å²) >= 11 is 0. The third-order valence-electron chi connectivity index (χ3n) is 2.60. The molecule has 0 spiro atoms. The van der Waals surface area contributed by atoms with Gasteiger partial charge < -0.3 is 13.8 Å². The minimum absolute atomic E-state index is 0.131. The van der Waals surface area contributed by atoms with Crippen LogP contribution in [0.1, 0.15) is 12.5 Å². The van der Waals surface area contributed by atoms with E-state index >= 15 is 0 Å². The quantitative estimate of drug-likeness (QED) is 0.440. The normalized spacial score (nSPS) is 12.2.